The van der Waals surface area contributed by atoms with Gasteiger partial charge in [-0.1, -0.05) is 6.92 Å². The van der Waals surface area contributed by atoms with E-state index in [-0.39, 0.29) is 35.2 Å². The molecule has 0 bridgehead atoms. The molecule has 2 aromatic heterocycles. The molecule has 0 saturated carbocycles. The second kappa shape index (κ2) is 10.3. The minimum absolute atomic E-state index is 0. The molecule has 2 atom stereocenters. The number of aromatic amines is 1. The lowest BCUT2D eigenvalue weighted by Crippen LogP contribution is -2.41. The fourth-order valence-corrected chi connectivity index (χ4v) is 4.29. The van der Waals surface area contributed by atoms with Crippen molar-refractivity contribution in [2.75, 3.05) is 13.1 Å². The van der Waals surface area contributed by atoms with Gasteiger partial charge in [0.15, 0.2) is 0 Å². The van der Waals surface area contributed by atoms with Gasteiger partial charge in [0, 0.05) is 17.5 Å². The van der Waals surface area contributed by atoms with E-state index in [0.717, 1.165) is 21.8 Å². The number of amides is 1. The van der Waals surface area contributed by atoms with Crippen molar-refractivity contribution < 1.29 is 4.79 Å². The predicted octanol–water partition coefficient (Wildman–Crippen LogP) is 2.76. The standard InChI is InChI=1S/C17H26N4O2S2.ClH/c1-6-18-9(2)7-19-15(22)12(5)24-8-13-20-16(23)14-10(3)11(4)25-17(14)21-13;/h9,12,18H,6-8H2,1-5H3,(H,19,22)(H,20,21,23);1H/t9-,12?;/m1./s1. The molecule has 2 rings (SSSR count). The molecule has 0 aliphatic heterocycles. The zero-order chi connectivity index (χ0) is 18.6. The van der Waals surface area contributed by atoms with Crippen LogP contribution in [0.3, 0.4) is 0 Å². The summed E-state index contributed by atoms with van der Waals surface area (Å²) >= 11 is 3.01. The molecule has 2 aromatic rings. The first-order chi connectivity index (χ1) is 11.8. The van der Waals surface area contributed by atoms with Crippen molar-refractivity contribution in [1.82, 2.24) is 20.6 Å². The number of carbonyl (C=O) groups is 1. The van der Waals surface area contributed by atoms with Crippen molar-refractivity contribution in [3.05, 3.63) is 26.6 Å². The van der Waals surface area contributed by atoms with Crippen LogP contribution in [-0.4, -0.2) is 40.3 Å². The molecule has 1 amide bonds. The molecule has 0 aromatic carbocycles. The summed E-state index contributed by atoms with van der Waals surface area (Å²) in [6, 6.07) is 0.247. The summed E-state index contributed by atoms with van der Waals surface area (Å²) in [7, 11) is 0. The van der Waals surface area contributed by atoms with Crippen LogP contribution < -0.4 is 16.2 Å². The maximum Gasteiger partial charge on any atom is 0.259 e. The second-order valence-electron chi connectivity index (χ2n) is 6.13. The van der Waals surface area contributed by atoms with E-state index in [1.807, 2.05) is 34.6 Å². The molecular formula is C17H27ClN4O2S2. The highest BCUT2D eigenvalue weighted by atomic mass is 35.5. The first kappa shape index (κ1) is 23.0. The number of aryl methyl sites for hydroxylation is 2. The van der Waals surface area contributed by atoms with Crippen molar-refractivity contribution in [2.45, 2.75) is 51.7 Å². The number of thioether (sulfide) groups is 1. The molecule has 0 aliphatic carbocycles. The normalized spacial score (nSPS) is 13.3. The van der Waals surface area contributed by atoms with Gasteiger partial charge in [-0.2, -0.15) is 0 Å². The molecule has 0 radical (unpaired) electrons. The molecule has 2 heterocycles. The Morgan fingerprint density at radius 1 is 1.35 bits per heavy atom. The topological polar surface area (TPSA) is 86.9 Å². The van der Waals surface area contributed by atoms with Crippen LogP contribution in [0.2, 0.25) is 0 Å². The molecule has 146 valence electrons. The van der Waals surface area contributed by atoms with Gasteiger partial charge in [0.25, 0.3) is 5.56 Å². The van der Waals surface area contributed by atoms with Crippen molar-refractivity contribution >= 4 is 51.6 Å². The molecule has 6 nitrogen and oxygen atoms in total. The van der Waals surface area contributed by atoms with Crippen molar-refractivity contribution in [3.63, 3.8) is 0 Å². The number of nitrogens with one attached hydrogen (secondary N) is 3. The molecule has 26 heavy (non-hydrogen) atoms. The van der Waals surface area contributed by atoms with E-state index >= 15 is 0 Å². The van der Waals surface area contributed by atoms with Crippen LogP contribution in [0.15, 0.2) is 4.79 Å². The first-order valence-corrected chi connectivity index (χ1v) is 10.3. The Morgan fingerprint density at radius 2 is 2.04 bits per heavy atom. The Bertz CT molecular complexity index is 806. The lowest BCUT2D eigenvalue weighted by molar-refractivity contribution is -0.120. The van der Waals surface area contributed by atoms with Crippen molar-refractivity contribution in [3.8, 4) is 0 Å². The molecule has 3 N–H and O–H groups in total. The van der Waals surface area contributed by atoms with Gasteiger partial charge >= 0.3 is 0 Å². The van der Waals surface area contributed by atoms with Gasteiger partial charge in [-0.25, -0.2) is 4.98 Å². The zero-order valence-corrected chi connectivity index (χ0v) is 18.2. The summed E-state index contributed by atoms with van der Waals surface area (Å²) in [5, 5.41) is 6.67. The van der Waals surface area contributed by atoms with Crippen LogP contribution >= 0.6 is 35.5 Å². The van der Waals surface area contributed by atoms with E-state index in [2.05, 4.69) is 20.6 Å². The van der Waals surface area contributed by atoms with E-state index in [1.165, 1.54) is 23.1 Å². The number of nitrogens with zero attached hydrogens (tertiary/aromatic N) is 1. The number of rotatable bonds is 8. The largest absolute Gasteiger partial charge is 0.354 e. The molecule has 0 spiro atoms. The highest BCUT2D eigenvalue weighted by Crippen LogP contribution is 2.26. The number of aromatic nitrogens is 2. The Balaban J connectivity index is 0.00000338. The van der Waals surface area contributed by atoms with Crippen LogP contribution in [0.4, 0.5) is 0 Å². The van der Waals surface area contributed by atoms with Crippen LogP contribution in [-0.2, 0) is 10.5 Å². The predicted molar refractivity (Wildman–Crippen MR) is 114 cm³/mol. The van der Waals surface area contributed by atoms with Gasteiger partial charge in [-0.15, -0.1) is 35.5 Å². The number of halogens is 1. The summed E-state index contributed by atoms with van der Waals surface area (Å²) in [4.78, 5) is 33.7. The van der Waals surface area contributed by atoms with E-state index in [1.54, 1.807) is 0 Å². The molecule has 0 aliphatic rings. The molecular weight excluding hydrogens is 392 g/mol. The van der Waals surface area contributed by atoms with Crippen LogP contribution in [0, 0.1) is 13.8 Å². The summed E-state index contributed by atoms with van der Waals surface area (Å²) in [5.41, 5.74) is 0.898. The van der Waals surface area contributed by atoms with Gasteiger partial charge in [-0.3, -0.25) is 9.59 Å². The SMILES string of the molecule is CCN[C@H](C)CNC(=O)C(C)SCc1nc2sc(C)c(C)c2c(=O)[nH]1.Cl. The third-order valence-corrected chi connectivity index (χ3v) is 6.32. The van der Waals surface area contributed by atoms with Crippen molar-refractivity contribution in [2.24, 2.45) is 0 Å². The van der Waals surface area contributed by atoms with Gasteiger partial charge in [-0.05, 0) is 39.8 Å². The summed E-state index contributed by atoms with van der Waals surface area (Å²) in [5.74, 6) is 1.11. The average molecular weight is 419 g/mol. The van der Waals surface area contributed by atoms with E-state index < -0.39 is 0 Å². The number of hydrogen-bond donors (Lipinski definition) is 3. The Hall–Kier alpha value is -1.09. The van der Waals surface area contributed by atoms with Crippen molar-refractivity contribution in [1.29, 1.82) is 0 Å². The number of carbonyl (C=O) groups excluding carboxylic acids is 1. The number of likely N-dealkylation sites (N-methyl/N-ethyl adjacent to an activating group) is 1. The van der Waals surface area contributed by atoms with Crippen LogP contribution in [0.5, 0.6) is 0 Å². The molecule has 9 heteroatoms. The van der Waals surface area contributed by atoms with Gasteiger partial charge in [0.05, 0.1) is 16.4 Å². The zero-order valence-electron chi connectivity index (χ0n) is 15.8. The maximum atomic E-state index is 12.3. The number of thiophene rings is 1. The van der Waals surface area contributed by atoms with E-state index in [0.29, 0.717) is 23.5 Å². The average Bonchev–Trinajstić information content (AvgIpc) is 2.85. The Morgan fingerprint density at radius 3 is 2.69 bits per heavy atom. The Labute approximate surface area is 168 Å². The fraction of sp³-hybridized carbons (Fsp3) is 0.588. The number of H-pyrrole nitrogens is 1. The highest BCUT2D eigenvalue weighted by Gasteiger charge is 2.16. The van der Waals surface area contributed by atoms with E-state index in [4.69, 9.17) is 0 Å². The number of hydrogen-bond acceptors (Lipinski definition) is 6. The quantitative estimate of drug-likeness (QED) is 0.613. The summed E-state index contributed by atoms with van der Waals surface area (Å²) in [6.07, 6.45) is 0. The fourth-order valence-electron chi connectivity index (χ4n) is 2.47. The lowest BCUT2D eigenvalue weighted by atomic mass is 10.2. The van der Waals surface area contributed by atoms with Gasteiger partial charge in [0.1, 0.15) is 10.7 Å². The highest BCUT2D eigenvalue weighted by molar-refractivity contribution is 7.99. The Kier molecular flexibility index (Phi) is 9.09. The first-order valence-electron chi connectivity index (χ1n) is 8.45. The van der Waals surface area contributed by atoms with Crippen LogP contribution in [0.1, 0.15) is 37.0 Å². The monoisotopic (exact) mass is 418 g/mol. The lowest BCUT2D eigenvalue weighted by Gasteiger charge is -2.16. The smallest absolute Gasteiger partial charge is 0.259 e. The molecule has 0 fully saturated rings. The van der Waals surface area contributed by atoms with Gasteiger partial charge < -0.3 is 15.6 Å². The van der Waals surface area contributed by atoms with Crippen LogP contribution in [0.25, 0.3) is 10.2 Å². The summed E-state index contributed by atoms with van der Waals surface area (Å²) < 4.78 is 0. The minimum Gasteiger partial charge on any atom is -0.354 e. The van der Waals surface area contributed by atoms with E-state index in [9.17, 15) is 9.59 Å². The van der Waals surface area contributed by atoms with Gasteiger partial charge in [0.2, 0.25) is 5.91 Å². The third kappa shape index (κ3) is 5.70. The maximum absolute atomic E-state index is 12.3. The third-order valence-electron chi connectivity index (χ3n) is 4.06. The molecule has 0 saturated heterocycles. The second-order valence-corrected chi connectivity index (χ2v) is 8.67. The molecule has 1 unspecified atom stereocenters. The number of fused-ring (bicyclic) bond motifs is 1. The minimum atomic E-state index is -0.207. The summed E-state index contributed by atoms with van der Waals surface area (Å²) in [6.45, 7) is 11.4.